The summed E-state index contributed by atoms with van der Waals surface area (Å²) in [5.74, 6) is -2.06. The molecule has 41 heavy (non-hydrogen) atoms. The van der Waals surface area contributed by atoms with Crippen molar-refractivity contribution in [2.24, 2.45) is 0 Å². The Bertz CT molecular complexity index is 1870. The predicted molar refractivity (Wildman–Crippen MR) is 163 cm³/mol. The highest BCUT2D eigenvalue weighted by atomic mass is 79.9. The van der Waals surface area contributed by atoms with Crippen molar-refractivity contribution in [3.05, 3.63) is 123 Å². The third kappa shape index (κ3) is 5.18. The van der Waals surface area contributed by atoms with Crippen LogP contribution in [0.15, 0.2) is 99.3 Å². The summed E-state index contributed by atoms with van der Waals surface area (Å²) in [6, 6.07) is 24.6. The van der Waals surface area contributed by atoms with E-state index in [1.807, 2.05) is 24.3 Å². The first kappa shape index (κ1) is 27.3. The van der Waals surface area contributed by atoms with E-state index >= 15 is 0 Å². The Labute approximate surface area is 251 Å². The molecule has 1 N–H and O–H groups in total. The topological polar surface area (TPSA) is 83.4 Å². The SMILES string of the molecule is Cc1ccc(C(O)=C2C(=O)C(=O)N(c3nnc(SCc4cccc5ccccc45)s3)[C@H]2c2cccc(Br)c2)cc1F. The summed E-state index contributed by atoms with van der Waals surface area (Å²) >= 11 is 6.14. The number of aromatic nitrogens is 2. The molecule has 1 fully saturated rings. The van der Waals surface area contributed by atoms with Gasteiger partial charge in [-0.15, -0.1) is 10.2 Å². The molecule has 0 spiro atoms. The maximum Gasteiger partial charge on any atom is 0.301 e. The minimum absolute atomic E-state index is 0.106. The number of fused-ring (bicyclic) bond motifs is 1. The second-order valence-electron chi connectivity index (χ2n) is 9.47. The number of thioether (sulfide) groups is 1. The number of aryl methyl sites for hydroxylation is 1. The van der Waals surface area contributed by atoms with Gasteiger partial charge in [-0.25, -0.2) is 4.39 Å². The van der Waals surface area contributed by atoms with Crippen LogP contribution in [0.3, 0.4) is 0 Å². The van der Waals surface area contributed by atoms with E-state index in [1.54, 1.807) is 25.1 Å². The molecule has 0 aliphatic carbocycles. The van der Waals surface area contributed by atoms with Gasteiger partial charge in [0.2, 0.25) is 5.13 Å². The Kier molecular flexibility index (Phi) is 7.46. The lowest BCUT2D eigenvalue weighted by Gasteiger charge is -2.22. The normalized spacial score (nSPS) is 16.6. The van der Waals surface area contributed by atoms with E-state index in [2.05, 4.69) is 50.4 Å². The first-order valence-electron chi connectivity index (χ1n) is 12.6. The maximum absolute atomic E-state index is 14.4. The van der Waals surface area contributed by atoms with Crippen molar-refractivity contribution < 1.29 is 19.1 Å². The molecule has 0 radical (unpaired) electrons. The van der Waals surface area contributed by atoms with E-state index in [0.717, 1.165) is 26.9 Å². The van der Waals surface area contributed by atoms with Crippen LogP contribution >= 0.6 is 39.0 Å². The molecule has 1 aliphatic heterocycles. The number of Topliss-reactive ketones (excluding diaryl/α,β-unsaturated/α-hetero) is 1. The van der Waals surface area contributed by atoms with Crippen LogP contribution in [-0.2, 0) is 15.3 Å². The van der Waals surface area contributed by atoms with Crippen LogP contribution in [0.5, 0.6) is 0 Å². The van der Waals surface area contributed by atoms with Crippen molar-refractivity contribution in [1.82, 2.24) is 10.2 Å². The number of aliphatic hydroxyl groups excluding tert-OH is 1. The smallest absolute Gasteiger partial charge is 0.301 e. The molecule has 0 saturated carbocycles. The molecule has 1 amide bonds. The standard InChI is InChI=1S/C31H21BrFN3O3S2/c1-17-12-13-20(15-24(17)33)27(37)25-26(19-8-5-10-22(32)14-19)36(29(39)28(25)38)30-34-35-31(41-30)40-16-21-9-4-7-18-6-2-3-11-23(18)21/h2-15,26,37H,16H2,1H3/t26-/m0/s1. The Morgan fingerprint density at radius 3 is 2.61 bits per heavy atom. The molecular weight excluding hydrogens is 625 g/mol. The summed E-state index contributed by atoms with van der Waals surface area (Å²) in [4.78, 5) is 28.1. The molecule has 204 valence electrons. The second kappa shape index (κ2) is 11.2. The van der Waals surface area contributed by atoms with Gasteiger partial charge >= 0.3 is 5.91 Å². The summed E-state index contributed by atoms with van der Waals surface area (Å²) in [6.45, 7) is 1.60. The Hall–Kier alpha value is -3.86. The molecule has 0 bridgehead atoms. The molecule has 1 aromatic heterocycles. The van der Waals surface area contributed by atoms with Crippen molar-refractivity contribution in [3.63, 3.8) is 0 Å². The van der Waals surface area contributed by atoms with Crippen LogP contribution in [0.25, 0.3) is 16.5 Å². The summed E-state index contributed by atoms with van der Waals surface area (Å²) < 4.78 is 15.7. The first-order chi connectivity index (χ1) is 19.8. The predicted octanol–water partition coefficient (Wildman–Crippen LogP) is 7.82. The van der Waals surface area contributed by atoms with Crippen molar-refractivity contribution >= 4 is 72.4 Å². The van der Waals surface area contributed by atoms with E-state index in [9.17, 15) is 19.1 Å². The highest BCUT2D eigenvalue weighted by molar-refractivity contribution is 9.10. The van der Waals surface area contributed by atoms with Crippen molar-refractivity contribution in [2.45, 2.75) is 23.1 Å². The largest absolute Gasteiger partial charge is 0.507 e. The van der Waals surface area contributed by atoms with Gasteiger partial charge in [0, 0.05) is 15.8 Å². The van der Waals surface area contributed by atoms with E-state index in [1.165, 1.54) is 40.1 Å². The Balaban J connectivity index is 1.38. The zero-order valence-corrected chi connectivity index (χ0v) is 24.8. The van der Waals surface area contributed by atoms with E-state index in [-0.39, 0.29) is 16.3 Å². The second-order valence-corrected chi connectivity index (χ2v) is 12.6. The lowest BCUT2D eigenvalue weighted by molar-refractivity contribution is -0.132. The summed E-state index contributed by atoms with van der Waals surface area (Å²) in [7, 11) is 0. The fourth-order valence-corrected chi connectivity index (χ4v) is 7.12. The van der Waals surface area contributed by atoms with Crippen molar-refractivity contribution in [3.8, 4) is 0 Å². The molecular formula is C31H21BrFN3O3S2. The van der Waals surface area contributed by atoms with Crippen LogP contribution in [0.4, 0.5) is 9.52 Å². The third-order valence-electron chi connectivity index (χ3n) is 6.89. The Morgan fingerprint density at radius 2 is 1.80 bits per heavy atom. The lowest BCUT2D eigenvalue weighted by Crippen LogP contribution is -2.29. The number of nitrogens with zero attached hydrogens (tertiary/aromatic N) is 3. The molecule has 1 saturated heterocycles. The average Bonchev–Trinajstić information content (AvgIpc) is 3.54. The van der Waals surface area contributed by atoms with Crippen LogP contribution < -0.4 is 4.90 Å². The molecule has 6 nitrogen and oxygen atoms in total. The molecule has 6 rings (SSSR count). The van der Waals surface area contributed by atoms with Crippen LogP contribution in [0.2, 0.25) is 0 Å². The Morgan fingerprint density at radius 1 is 1.02 bits per heavy atom. The van der Waals surface area contributed by atoms with Crippen LogP contribution in [0, 0.1) is 12.7 Å². The van der Waals surface area contributed by atoms with Gasteiger partial charge in [-0.05, 0) is 52.6 Å². The molecule has 2 heterocycles. The van der Waals surface area contributed by atoms with Crippen LogP contribution in [0.1, 0.15) is 28.3 Å². The fraction of sp³-hybridized carbons (Fsp3) is 0.0968. The number of aliphatic hydroxyl groups is 1. The first-order valence-corrected chi connectivity index (χ1v) is 15.2. The number of benzene rings is 4. The number of hydrogen-bond donors (Lipinski definition) is 1. The molecule has 0 unspecified atom stereocenters. The van der Waals surface area contributed by atoms with Crippen molar-refractivity contribution in [1.29, 1.82) is 0 Å². The average molecular weight is 647 g/mol. The zero-order valence-electron chi connectivity index (χ0n) is 21.5. The maximum atomic E-state index is 14.4. The van der Waals surface area contributed by atoms with E-state index in [0.29, 0.717) is 21.2 Å². The number of ketones is 1. The van der Waals surface area contributed by atoms with Gasteiger partial charge in [-0.2, -0.15) is 0 Å². The molecule has 5 aromatic rings. The van der Waals surface area contributed by atoms with E-state index in [4.69, 9.17) is 0 Å². The lowest BCUT2D eigenvalue weighted by atomic mass is 9.95. The highest BCUT2D eigenvalue weighted by Crippen LogP contribution is 2.44. The van der Waals surface area contributed by atoms with Crippen LogP contribution in [-0.4, -0.2) is 27.0 Å². The van der Waals surface area contributed by atoms with Gasteiger partial charge in [0.1, 0.15) is 11.6 Å². The molecule has 10 heteroatoms. The molecule has 1 atom stereocenters. The summed E-state index contributed by atoms with van der Waals surface area (Å²) in [5.41, 5.74) is 2.08. The van der Waals surface area contributed by atoms with Gasteiger partial charge in [0.15, 0.2) is 4.34 Å². The highest BCUT2D eigenvalue weighted by Gasteiger charge is 2.48. The fourth-order valence-electron chi connectivity index (χ4n) is 4.83. The van der Waals surface area contributed by atoms with Gasteiger partial charge in [-0.1, -0.05) is 106 Å². The van der Waals surface area contributed by atoms with E-state index < -0.39 is 29.3 Å². The number of anilines is 1. The monoisotopic (exact) mass is 645 g/mol. The number of rotatable bonds is 6. The number of carbonyl (C=O) groups excluding carboxylic acids is 2. The summed E-state index contributed by atoms with van der Waals surface area (Å²) in [6.07, 6.45) is 0. The summed E-state index contributed by atoms with van der Waals surface area (Å²) in [5, 5.41) is 22.4. The minimum Gasteiger partial charge on any atom is -0.507 e. The molecule has 4 aromatic carbocycles. The van der Waals surface area contributed by atoms with Gasteiger partial charge < -0.3 is 5.11 Å². The van der Waals surface area contributed by atoms with Gasteiger partial charge in [0.05, 0.1) is 11.6 Å². The van der Waals surface area contributed by atoms with Gasteiger partial charge in [0.25, 0.3) is 5.78 Å². The zero-order chi connectivity index (χ0) is 28.7. The number of carbonyl (C=O) groups is 2. The number of hydrogen-bond acceptors (Lipinski definition) is 7. The quantitative estimate of drug-likeness (QED) is 0.0666. The van der Waals surface area contributed by atoms with Crippen molar-refractivity contribution in [2.75, 3.05) is 4.90 Å². The van der Waals surface area contributed by atoms with Gasteiger partial charge in [-0.3, -0.25) is 14.5 Å². The number of halogens is 2. The number of amides is 1. The molecule has 1 aliphatic rings. The third-order valence-corrected chi connectivity index (χ3v) is 9.49. The minimum atomic E-state index is -0.985.